The van der Waals surface area contributed by atoms with Crippen molar-refractivity contribution in [2.75, 3.05) is 24.3 Å². The number of alkyl halides is 3. The van der Waals surface area contributed by atoms with Crippen LogP contribution in [0.2, 0.25) is 5.28 Å². The molecular weight excluding hydrogens is 520 g/mol. The van der Waals surface area contributed by atoms with Gasteiger partial charge in [-0.05, 0) is 51.9 Å². The number of rotatable bonds is 5. The molecule has 0 radical (unpaired) electrons. The lowest BCUT2D eigenvalue weighted by molar-refractivity contribution is -0.140. The highest BCUT2D eigenvalue weighted by molar-refractivity contribution is 14.1. The number of imidazole rings is 1. The molecule has 0 spiro atoms. The Morgan fingerprint density at radius 3 is 2.59 bits per heavy atom. The van der Waals surface area contributed by atoms with Crippen molar-refractivity contribution in [3.05, 3.63) is 50.7 Å². The summed E-state index contributed by atoms with van der Waals surface area (Å²) < 4.78 is 41.3. The first kappa shape index (κ1) is 21.6. The minimum Gasteiger partial charge on any atom is -0.377 e. The Bertz CT molecular complexity index is 1030. The number of aromatic nitrogens is 4. The highest BCUT2D eigenvalue weighted by Gasteiger charge is 2.34. The third kappa shape index (κ3) is 4.92. The highest BCUT2D eigenvalue weighted by Crippen LogP contribution is 2.34. The average molecular weight is 537 g/mol. The van der Waals surface area contributed by atoms with E-state index in [1.807, 2.05) is 31.1 Å². The summed E-state index contributed by atoms with van der Waals surface area (Å²) in [5.41, 5.74) is 1.37. The van der Waals surface area contributed by atoms with Crippen molar-refractivity contribution in [3.63, 3.8) is 0 Å². The molecular formula is C18H17ClF3IN6. The Kier molecular flexibility index (Phi) is 6.22. The van der Waals surface area contributed by atoms with Crippen LogP contribution in [-0.4, -0.2) is 33.6 Å². The number of hydrogen-bond acceptors (Lipinski definition) is 5. The molecule has 0 fully saturated rings. The molecule has 0 aliphatic carbocycles. The van der Waals surface area contributed by atoms with Crippen LogP contribution < -0.4 is 10.2 Å². The van der Waals surface area contributed by atoms with Gasteiger partial charge in [-0.25, -0.2) is 9.97 Å². The third-order valence-corrected chi connectivity index (χ3v) is 5.10. The van der Waals surface area contributed by atoms with Crippen LogP contribution >= 0.6 is 34.2 Å². The van der Waals surface area contributed by atoms with E-state index >= 15 is 0 Å². The van der Waals surface area contributed by atoms with E-state index in [0.29, 0.717) is 17.9 Å². The van der Waals surface area contributed by atoms with Crippen LogP contribution in [-0.2, 0) is 19.8 Å². The second-order valence-corrected chi connectivity index (χ2v) is 7.99. The van der Waals surface area contributed by atoms with E-state index in [0.717, 1.165) is 21.0 Å². The Balaban J connectivity index is 1.92. The smallest absolute Gasteiger partial charge is 0.377 e. The maximum Gasteiger partial charge on any atom is 0.434 e. The van der Waals surface area contributed by atoms with Crippen LogP contribution in [0.25, 0.3) is 11.4 Å². The van der Waals surface area contributed by atoms with Crippen LogP contribution in [0.3, 0.4) is 0 Å². The zero-order valence-corrected chi connectivity index (χ0v) is 18.6. The minimum atomic E-state index is -4.49. The fraction of sp³-hybridized carbons (Fsp3) is 0.278. The molecule has 2 heterocycles. The lowest BCUT2D eigenvalue weighted by Gasteiger charge is -2.19. The third-order valence-electron chi connectivity index (χ3n) is 4.13. The van der Waals surface area contributed by atoms with Crippen LogP contribution in [0, 0.1) is 3.57 Å². The molecule has 3 aromatic rings. The quantitative estimate of drug-likeness (QED) is 0.374. The molecule has 0 aliphatic rings. The van der Waals surface area contributed by atoms with Gasteiger partial charge in [0.15, 0.2) is 5.69 Å². The SMILES string of the molecule is CN(C)c1cc(CNc2nc(Cl)ncc2I)ccc1-c1nc(C(F)(F)F)cn1C. The number of hydrogen-bond donors (Lipinski definition) is 1. The van der Waals surface area contributed by atoms with Crippen molar-refractivity contribution in [3.8, 4) is 11.4 Å². The molecule has 0 atom stereocenters. The maximum atomic E-state index is 13.0. The van der Waals surface area contributed by atoms with Crippen molar-refractivity contribution < 1.29 is 13.2 Å². The van der Waals surface area contributed by atoms with Crippen molar-refractivity contribution in [2.24, 2.45) is 7.05 Å². The standard InChI is InChI=1S/C18H17ClF3IN6/c1-28(2)13-6-10(7-24-15-12(23)8-25-17(19)27-15)4-5-11(13)16-26-14(9-29(16)3)18(20,21)22/h4-6,8-9H,7H2,1-3H3,(H,24,25,27). The monoisotopic (exact) mass is 536 g/mol. The summed E-state index contributed by atoms with van der Waals surface area (Å²) in [5.74, 6) is 0.859. The Morgan fingerprint density at radius 2 is 1.97 bits per heavy atom. The first-order valence-electron chi connectivity index (χ1n) is 8.39. The molecule has 0 aliphatic heterocycles. The second kappa shape index (κ2) is 8.34. The summed E-state index contributed by atoms with van der Waals surface area (Å²) in [5, 5.41) is 3.35. The highest BCUT2D eigenvalue weighted by atomic mass is 127. The topological polar surface area (TPSA) is 58.9 Å². The molecule has 2 aromatic heterocycles. The van der Waals surface area contributed by atoms with Crippen molar-refractivity contribution in [1.82, 2.24) is 19.5 Å². The van der Waals surface area contributed by atoms with Crippen LogP contribution in [0.4, 0.5) is 24.7 Å². The van der Waals surface area contributed by atoms with Crippen LogP contribution in [0.15, 0.2) is 30.6 Å². The van der Waals surface area contributed by atoms with E-state index in [4.69, 9.17) is 11.6 Å². The molecule has 0 unspecified atom stereocenters. The summed E-state index contributed by atoms with van der Waals surface area (Å²) >= 11 is 7.95. The molecule has 0 saturated heterocycles. The summed E-state index contributed by atoms with van der Waals surface area (Å²) in [6.45, 7) is 0.457. The Labute approximate surface area is 184 Å². The van der Waals surface area contributed by atoms with Crippen LogP contribution in [0.5, 0.6) is 0 Å². The lowest BCUT2D eigenvalue weighted by atomic mass is 10.1. The molecule has 154 valence electrons. The molecule has 0 amide bonds. The lowest BCUT2D eigenvalue weighted by Crippen LogP contribution is -2.12. The Morgan fingerprint density at radius 1 is 1.24 bits per heavy atom. The van der Waals surface area contributed by atoms with Crippen molar-refractivity contribution in [2.45, 2.75) is 12.7 Å². The van der Waals surface area contributed by atoms with Crippen LogP contribution in [0.1, 0.15) is 11.3 Å². The zero-order valence-electron chi connectivity index (χ0n) is 15.7. The summed E-state index contributed by atoms with van der Waals surface area (Å²) in [7, 11) is 5.21. The van der Waals surface area contributed by atoms with E-state index < -0.39 is 11.9 Å². The minimum absolute atomic E-state index is 0.146. The van der Waals surface area contributed by atoms with E-state index in [1.54, 1.807) is 19.3 Å². The normalized spacial score (nSPS) is 11.6. The molecule has 1 aromatic carbocycles. The van der Waals surface area contributed by atoms with Gasteiger partial charge in [0.1, 0.15) is 11.6 Å². The van der Waals surface area contributed by atoms with Gasteiger partial charge in [0.05, 0.1) is 3.57 Å². The first-order chi connectivity index (χ1) is 13.6. The molecule has 1 N–H and O–H groups in total. The van der Waals surface area contributed by atoms with Gasteiger partial charge in [-0.2, -0.15) is 18.2 Å². The van der Waals surface area contributed by atoms with Gasteiger partial charge < -0.3 is 14.8 Å². The van der Waals surface area contributed by atoms with Gasteiger partial charge in [0, 0.05) is 51.3 Å². The van der Waals surface area contributed by atoms with Gasteiger partial charge in [-0.15, -0.1) is 0 Å². The molecule has 0 saturated carbocycles. The van der Waals surface area contributed by atoms with Crippen molar-refractivity contribution >= 4 is 45.7 Å². The second-order valence-electron chi connectivity index (χ2n) is 6.49. The van der Waals surface area contributed by atoms with E-state index in [-0.39, 0.29) is 11.1 Å². The molecule has 0 bridgehead atoms. The van der Waals surface area contributed by atoms with Gasteiger partial charge >= 0.3 is 6.18 Å². The number of nitrogens with one attached hydrogen (secondary N) is 1. The molecule has 29 heavy (non-hydrogen) atoms. The maximum absolute atomic E-state index is 13.0. The molecule has 6 nitrogen and oxygen atoms in total. The zero-order chi connectivity index (χ0) is 21.3. The summed E-state index contributed by atoms with van der Waals surface area (Å²) in [6, 6.07) is 5.51. The van der Waals surface area contributed by atoms with Crippen molar-refractivity contribution in [1.29, 1.82) is 0 Å². The number of halogens is 5. The largest absolute Gasteiger partial charge is 0.434 e. The predicted molar refractivity (Wildman–Crippen MR) is 115 cm³/mol. The van der Waals surface area contributed by atoms with Gasteiger partial charge in [-0.1, -0.05) is 6.07 Å². The molecule has 3 rings (SSSR count). The van der Waals surface area contributed by atoms with E-state index in [9.17, 15) is 13.2 Å². The molecule has 11 heteroatoms. The first-order valence-corrected chi connectivity index (χ1v) is 9.85. The summed E-state index contributed by atoms with van der Waals surface area (Å²) in [6.07, 6.45) is -1.88. The Hall–Kier alpha value is -2.08. The van der Waals surface area contributed by atoms with E-state index in [1.165, 1.54) is 4.57 Å². The number of benzene rings is 1. The predicted octanol–water partition coefficient (Wildman–Crippen LogP) is 4.83. The fourth-order valence-electron chi connectivity index (χ4n) is 2.75. The summed E-state index contributed by atoms with van der Waals surface area (Å²) in [4.78, 5) is 13.7. The number of nitrogens with zero attached hydrogens (tertiary/aromatic N) is 5. The van der Waals surface area contributed by atoms with Gasteiger partial charge in [0.25, 0.3) is 0 Å². The van der Waals surface area contributed by atoms with Gasteiger partial charge in [-0.3, -0.25) is 0 Å². The number of anilines is 2. The van der Waals surface area contributed by atoms with E-state index in [2.05, 4.69) is 42.9 Å². The number of aryl methyl sites for hydroxylation is 1. The average Bonchev–Trinajstić information content (AvgIpc) is 3.04. The fourth-order valence-corrected chi connectivity index (χ4v) is 3.34. The van der Waals surface area contributed by atoms with Gasteiger partial charge in [0.2, 0.25) is 5.28 Å².